The summed E-state index contributed by atoms with van der Waals surface area (Å²) in [5, 5.41) is 2.95. The van der Waals surface area contributed by atoms with Gasteiger partial charge in [0.15, 0.2) is 11.5 Å². The van der Waals surface area contributed by atoms with Crippen LogP contribution in [-0.2, 0) is 26.2 Å². The molecule has 196 valence electrons. The van der Waals surface area contributed by atoms with Gasteiger partial charge in [0.05, 0.1) is 11.9 Å². The minimum atomic E-state index is -3.84. The van der Waals surface area contributed by atoms with E-state index >= 15 is 0 Å². The van der Waals surface area contributed by atoms with E-state index < -0.39 is 34.1 Å². The molecule has 36 heavy (non-hydrogen) atoms. The van der Waals surface area contributed by atoms with Gasteiger partial charge in [-0.3, -0.25) is 13.9 Å². The third-order valence-electron chi connectivity index (χ3n) is 5.64. The summed E-state index contributed by atoms with van der Waals surface area (Å²) in [6, 6.07) is 11.6. The molecule has 0 aliphatic carbocycles. The lowest BCUT2D eigenvalue weighted by Crippen LogP contribution is -2.55. The van der Waals surface area contributed by atoms with Gasteiger partial charge < -0.3 is 19.7 Å². The number of anilines is 1. The van der Waals surface area contributed by atoms with E-state index in [4.69, 9.17) is 9.47 Å². The minimum absolute atomic E-state index is 0.0436. The van der Waals surface area contributed by atoms with E-state index in [9.17, 15) is 18.0 Å². The van der Waals surface area contributed by atoms with Crippen molar-refractivity contribution < 1.29 is 27.5 Å². The zero-order chi connectivity index (χ0) is 26.7. The molecule has 0 radical (unpaired) electrons. The number of nitrogens with zero attached hydrogens (tertiary/aromatic N) is 2. The van der Waals surface area contributed by atoms with Crippen LogP contribution in [0.25, 0.3) is 0 Å². The lowest BCUT2D eigenvalue weighted by Gasteiger charge is -2.34. The van der Waals surface area contributed by atoms with Crippen LogP contribution >= 0.6 is 0 Å². The number of amides is 2. The molecular formula is C26H35N3O6S. The molecule has 1 N–H and O–H groups in total. The lowest BCUT2D eigenvalue weighted by atomic mass is 10.0. The van der Waals surface area contributed by atoms with Crippen molar-refractivity contribution in [1.29, 1.82) is 0 Å². The van der Waals surface area contributed by atoms with E-state index in [2.05, 4.69) is 5.32 Å². The van der Waals surface area contributed by atoms with Gasteiger partial charge in [0.2, 0.25) is 28.6 Å². The average Bonchev–Trinajstić information content (AvgIpc) is 3.23. The number of sulfonamides is 1. The van der Waals surface area contributed by atoms with Gasteiger partial charge in [-0.25, -0.2) is 8.42 Å². The summed E-state index contributed by atoms with van der Waals surface area (Å²) in [7, 11) is -3.84. The van der Waals surface area contributed by atoms with E-state index in [1.807, 2.05) is 58.9 Å². The summed E-state index contributed by atoms with van der Waals surface area (Å²) in [6.45, 7) is 9.13. The first-order valence-corrected chi connectivity index (χ1v) is 13.7. The summed E-state index contributed by atoms with van der Waals surface area (Å²) >= 11 is 0. The second-order valence-electron chi connectivity index (χ2n) is 9.98. The van der Waals surface area contributed by atoms with Gasteiger partial charge in [-0.15, -0.1) is 0 Å². The fraction of sp³-hybridized carbons (Fsp3) is 0.462. The Morgan fingerprint density at radius 2 is 1.78 bits per heavy atom. The Labute approximate surface area is 213 Å². The number of hydrogen-bond donors (Lipinski definition) is 1. The zero-order valence-electron chi connectivity index (χ0n) is 21.7. The molecule has 0 aromatic heterocycles. The standard InChI is InChI=1S/C26H35N3O6S/c1-7-21(25(31)27-26(3,4)5)28(15-19-10-8-9-18(2)13-19)24(30)16-29(36(6,32)33)20-11-12-22-23(14-20)35-17-34-22/h8-14,21H,7,15-17H2,1-6H3,(H,27,31)/t21-/m1/s1. The molecule has 1 heterocycles. The molecule has 0 fully saturated rings. The Bertz CT molecular complexity index is 1220. The smallest absolute Gasteiger partial charge is 0.244 e. The van der Waals surface area contributed by atoms with Gasteiger partial charge in [0, 0.05) is 18.2 Å². The molecule has 1 aliphatic rings. The van der Waals surface area contributed by atoms with E-state index in [1.165, 1.54) is 11.0 Å². The fourth-order valence-corrected chi connectivity index (χ4v) is 4.88. The number of fused-ring (bicyclic) bond motifs is 1. The summed E-state index contributed by atoms with van der Waals surface area (Å²) in [5.41, 5.74) is 1.65. The van der Waals surface area contributed by atoms with Gasteiger partial charge in [0.25, 0.3) is 0 Å². The fourth-order valence-electron chi connectivity index (χ4n) is 4.03. The highest BCUT2D eigenvalue weighted by Crippen LogP contribution is 2.36. The molecule has 0 bridgehead atoms. The molecule has 0 saturated carbocycles. The maximum absolute atomic E-state index is 13.8. The third kappa shape index (κ3) is 6.90. The number of benzene rings is 2. The van der Waals surface area contributed by atoms with Crippen LogP contribution in [0.15, 0.2) is 42.5 Å². The molecule has 0 unspecified atom stereocenters. The molecule has 0 spiro atoms. The Morgan fingerprint density at radius 3 is 2.39 bits per heavy atom. The van der Waals surface area contributed by atoms with Crippen LogP contribution in [0.4, 0.5) is 5.69 Å². The van der Waals surface area contributed by atoms with Crippen LogP contribution < -0.4 is 19.1 Å². The molecule has 2 amide bonds. The monoisotopic (exact) mass is 517 g/mol. The normalized spacial score (nSPS) is 13.7. The van der Waals surface area contributed by atoms with Crippen molar-refractivity contribution in [3.63, 3.8) is 0 Å². The van der Waals surface area contributed by atoms with Crippen molar-refractivity contribution in [1.82, 2.24) is 10.2 Å². The SMILES string of the molecule is CC[C@H](C(=O)NC(C)(C)C)N(Cc1cccc(C)c1)C(=O)CN(c1ccc2c(c1)OCO2)S(C)(=O)=O. The van der Waals surface area contributed by atoms with Crippen LogP contribution in [0.3, 0.4) is 0 Å². The van der Waals surface area contributed by atoms with Crippen LogP contribution in [0.2, 0.25) is 0 Å². The Morgan fingerprint density at radius 1 is 1.08 bits per heavy atom. The number of carbonyl (C=O) groups is 2. The molecular weight excluding hydrogens is 482 g/mol. The lowest BCUT2D eigenvalue weighted by molar-refractivity contribution is -0.141. The summed E-state index contributed by atoms with van der Waals surface area (Å²) in [5.74, 6) is 0.126. The molecule has 3 rings (SSSR count). The van der Waals surface area contributed by atoms with Crippen molar-refractivity contribution in [2.24, 2.45) is 0 Å². The maximum Gasteiger partial charge on any atom is 0.244 e. The van der Waals surface area contributed by atoms with Crippen molar-refractivity contribution in [3.05, 3.63) is 53.6 Å². The quantitative estimate of drug-likeness (QED) is 0.548. The Kier molecular flexibility index (Phi) is 8.18. The largest absolute Gasteiger partial charge is 0.454 e. The van der Waals surface area contributed by atoms with Gasteiger partial charge in [-0.05, 0) is 51.8 Å². The highest BCUT2D eigenvalue weighted by Gasteiger charge is 2.33. The van der Waals surface area contributed by atoms with Crippen molar-refractivity contribution in [3.8, 4) is 11.5 Å². The predicted octanol–water partition coefficient (Wildman–Crippen LogP) is 3.21. The number of ether oxygens (including phenoxy) is 2. The van der Waals surface area contributed by atoms with E-state index in [-0.39, 0.29) is 24.9 Å². The van der Waals surface area contributed by atoms with E-state index in [0.717, 1.165) is 21.7 Å². The molecule has 9 nitrogen and oxygen atoms in total. The van der Waals surface area contributed by atoms with Crippen LogP contribution in [-0.4, -0.2) is 56.3 Å². The first kappa shape index (κ1) is 27.3. The third-order valence-corrected chi connectivity index (χ3v) is 6.78. The highest BCUT2D eigenvalue weighted by atomic mass is 32.2. The van der Waals surface area contributed by atoms with Crippen LogP contribution in [0.5, 0.6) is 11.5 Å². The zero-order valence-corrected chi connectivity index (χ0v) is 22.5. The van der Waals surface area contributed by atoms with E-state index in [1.54, 1.807) is 12.1 Å². The summed E-state index contributed by atoms with van der Waals surface area (Å²) < 4.78 is 37.2. The predicted molar refractivity (Wildman–Crippen MR) is 138 cm³/mol. The molecule has 0 saturated heterocycles. The number of rotatable bonds is 9. The van der Waals surface area contributed by atoms with Gasteiger partial charge >= 0.3 is 0 Å². The number of carbonyl (C=O) groups excluding carboxylic acids is 2. The van der Waals surface area contributed by atoms with Crippen LogP contribution in [0, 0.1) is 6.92 Å². The van der Waals surface area contributed by atoms with E-state index in [0.29, 0.717) is 17.9 Å². The van der Waals surface area contributed by atoms with Gasteiger partial charge in [0.1, 0.15) is 12.6 Å². The van der Waals surface area contributed by atoms with Crippen molar-refractivity contribution in [2.45, 2.75) is 59.2 Å². The van der Waals surface area contributed by atoms with Gasteiger partial charge in [-0.1, -0.05) is 36.8 Å². The topological polar surface area (TPSA) is 105 Å². The number of hydrogen-bond acceptors (Lipinski definition) is 6. The summed E-state index contributed by atoms with van der Waals surface area (Å²) in [6.07, 6.45) is 1.40. The van der Waals surface area contributed by atoms with Crippen molar-refractivity contribution in [2.75, 3.05) is 23.9 Å². The molecule has 2 aromatic carbocycles. The Balaban J connectivity index is 1.96. The molecule has 1 atom stereocenters. The highest BCUT2D eigenvalue weighted by molar-refractivity contribution is 7.92. The summed E-state index contributed by atoms with van der Waals surface area (Å²) in [4.78, 5) is 28.4. The minimum Gasteiger partial charge on any atom is -0.454 e. The second kappa shape index (κ2) is 10.8. The van der Waals surface area contributed by atoms with Crippen molar-refractivity contribution >= 4 is 27.5 Å². The second-order valence-corrected chi connectivity index (χ2v) is 11.9. The van der Waals surface area contributed by atoms with Crippen LogP contribution in [0.1, 0.15) is 45.2 Å². The Hall–Kier alpha value is -3.27. The molecule has 1 aliphatic heterocycles. The number of nitrogens with one attached hydrogen (secondary N) is 1. The number of aryl methyl sites for hydroxylation is 1. The average molecular weight is 518 g/mol. The maximum atomic E-state index is 13.8. The van der Waals surface area contributed by atoms with Gasteiger partial charge in [-0.2, -0.15) is 0 Å². The first-order chi connectivity index (χ1) is 16.8. The first-order valence-electron chi connectivity index (χ1n) is 11.8. The molecule has 2 aromatic rings. The molecule has 10 heteroatoms.